The number of carbonyl (C=O) groups is 2. The molecule has 6 heteroatoms. The Morgan fingerprint density at radius 3 is 3.15 bits per heavy atom. The summed E-state index contributed by atoms with van der Waals surface area (Å²) in [5, 5.41) is 6.12. The second-order valence-corrected chi connectivity index (χ2v) is 2.64. The minimum Gasteiger partial charge on any atom is -0.338 e. The van der Waals surface area contributed by atoms with Crippen molar-refractivity contribution in [2.24, 2.45) is 5.10 Å². The number of urea groups is 1. The molecule has 0 spiro atoms. The first-order valence-corrected chi connectivity index (χ1v) is 4.06. The van der Waals surface area contributed by atoms with Crippen LogP contribution in [0.25, 0.3) is 0 Å². The van der Waals surface area contributed by atoms with Crippen molar-refractivity contribution in [3.8, 4) is 0 Å². The third-order valence-corrected chi connectivity index (χ3v) is 1.72. The van der Waals surface area contributed by atoms with Gasteiger partial charge in [0.1, 0.15) is 12.4 Å². The van der Waals surface area contributed by atoms with E-state index in [9.17, 15) is 9.59 Å². The Bertz CT molecular complexity index is 251. The van der Waals surface area contributed by atoms with Crippen LogP contribution in [0, 0.1) is 0 Å². The monoisotopic (exact) mass is 184 g/mol. The molecule has 0 aromatic heterocycles. The minimum atomic E-state index is -0.510. The number of carbonyl (C=O) groups excluding carboxylic acids is 2. The Morgan fingerprint density at radius 2 is 2.54 bits per heavy atom. The van der Waals surface area contributed by atoms with Crippen molar-refractivity contribution < 1.29 is 9.59 Å². The molecule has 6 nitrogen and oxygen atoms in total. The van der Waals surface area contributed by atoms with Gasteiger partial charge in [-0.3, -0.25) is 9.69 Å². The highest BCUT2D eigenvalue weighted by Gasteiger charge is 2.26. The summed E-state index contributed by atoms with van der Waals surface area (Å²) in [5.41, 5.74) is 2.27. The van der Waals surface area contributed by atoms with Gasteiger partial charge in [-0.1, -0.05) is 0 Å². The van der Waals surface area contributed by atoms with Gasteiger partial charge in [-0.2, -0.15) is 5.10 Å². The third kappa shape index (κ3) is 1.95. The Balaban J connectivity index is 2.68. The Kier molecular flexibility index (Phi) is 2.84. The zero-order valence-corrected chi connectivity index (χ0v) is 7.57. The van der Waals surface area contributed by atoms with Crippen LogP contribution in [-0.4, -0.2) is 35.8 Å². The molecule has 1 heterocycles. The van der Waals surface area contributed by atoms with Crippen LogP contribution in [0.2, 0.25) is 0 Å². The molecule has 0 aromatic carbocycles. The lowest BCUT2D eigenvalue weighted by atomic mass is 10.3. The first-order chi connectivity index (χ1) is 6.16. The van der Waals surface area contributed by atoms with Crippen LogP contribution in [0.15, 0.2) is 5.10 Å². The van der Waals surface area contributed by atoms with E-state index in [0.29, 0.717) is 6.54 Å². The van der Waals surface area contributed by atoms with Crippen molar-refractivity contribution in [2.45, 2.75) is 19.9 Å². The van der Waals surface area contributed by atoms with E-state index in [0.717, 1.165) is 0 Å². The smallest absolute Gasteiger partial charge is 0.323 e. The molecule has 0 fully saturated rings. The van der Waals surface area contributed by atoms with Gasteiger partial charge in [-0.05, 0) is 13.8 Å². The van der Waals surface area contributed by atoms with E-state index in [1.165, 1.54) is 11.2 Å². The van der Waals surface area contributed by atoms with Gasteiger partial charge in [-0.25, -0.2) is 10.2 Å². The summed E-state index contributed by atoms with van der Waals surface area (Å²) in [6.07, 6.45) is 1.30. The van der Waals surface area contributed by atoms with Crippen LogP contribution in [0.1, 0.15) is 13.8 Å². The molecule has 0 saturated carbocycles. The molecule has 1 aliphatic heterocycles. The van der Waals surface area contributed by atoms with E-state index in [2.05, 4.69) is 15.8 Å². The van der Waals surface area contributed by atoms with Crippen LogP contribution >= 0.6 is 0 Å². The van der Waals surface area contributed by atoms with Crippen molar-refractivity contribution in [3.63, 3.8) is 0 Å². The molecule has 1 rings (SSSR count). The molecule has 0 bridgehead atoms. The maximum atomic E-state index is 11.3. The van der Waals surface area contributed by atoms with Gasteiger partial charge in [-0.15, -0.1) is 0 Å². The summed E-state index contributed by atoms with van der Waals surface area (Å²) in [6, 6.07) is -0.822. The SMILES string of the molecule is CCNC(=O)N1C=NNC(=O)C1C. The van der Waals surface area contributed by atoms with Gasteiger partial charge >= 0.3 is 6.03 Å². The average molecular weight is 184 g/mol. The number of rotatable bonds is 1. The summed E-state index contributed by atoms with van der Waals surface area (Å²) in [6.45, 7) is 3.97. The zero-order valence-electron chi connectivity index (χ0n) is 7.57. The van der Waals surface area contributed by atoms with Crippen molar-refractivity contribution in [2.75, 3.05) is 6.54 Å². The Hall–Kier alpha value is -1.59. The molecule has 2 N–H and O–H groups in total. The number of hydrazone groups is 1. The largest absolute Gasteiger partial charge is 0.338 e. The summed E-state index contributed by atoms with van der Waals surface area (Å²) < 4.78 is 0. The number of nitrogens with one attached hydrogen (secondary N) is 2. The molecule has 1 atom stereocenters. The molecular formula is C7H12N4O2. The maximum absolute atomic E-state index is 11.3. The quantitative estimate of drug-likeness (QED) is 0.575. The highest BCUT2D eigenvalue weighted by Crippen LogP contribution is 2.00. The predicted molar refractivity (Wildman–Crippen MR) is 47.0 cm³/mol. The molecule has 0 aromatic rings. The fraction of sp³-hybridized carbons (Fsp3) is 0.571. The van der Waals surface area contributed by atoms with Crippen molar-refractivity contribution in [3.05, 3.63) is 0 Å². The summed E-state index contributed by atoms with van der Waals surface area (Å²) in [4.78, 5) is 23.6. The maximum Gasteiger partial charge on any atom is 0.323 e. The van der Waals surface area contributed by atoms with E-state index in [4.69, 9.17) is 0 Å². The first kappa shape index (κ1) is 9.50. The molecule has 0 radical (unpaired) electrons. The predicted octanol–water partition coefficient (Wildman–Crippen LogP) is -0.520. The highest BCUT2D eigenvalue weighted by molar-refractivity contribution is 5.96. The van der Waals surface area contributed by atoms with E-state index >= 15 is 0 Å². The van der Waals surface area contributed by atoms with Gasteiger partial charge in [0.25, 0.3) is 5.91 Å². The number of hydrogen-bond acceptors (Lipinski definition) is 3. The topological polar surface area (TPSA) is 73.8 Å². The molecule has 72 valence electrons. The van der Waals surface area contributed by atoms with E-state index < -0.39 is 6.04 Å². The lowest BCUT2D eigenvalue weighted by Crippen LogP contribution is -2.53. The summed E-state index contributed by atoms with van der Waals surface area (Å²) >= 11 is 0. The molecule has 13 heavy (non-hydrogen) atoms. The summed E-state index contributed by atoms with van der Waals surface area (Å²) in [5.74, 6) is -0.284. The molecule has 0 aliphatic carbocycles. The normalized spacial score (nSPS) is 21.2. The molecule has 1 aliphatic rings. The standard InChI is InChI=1S/C7H12N4O2/c1-3-8-7(13)11-4-9-10-6(12)5(11)2/h4-5H,3H2,1-2H3,(H,8,13)(H,10,12). The van der Waals surface area contributed by atoms with Crippen LogP contribution in [0.4, 0.5) is 4.79 Å². The van der Waals surface area contributed by atoms with Crippen LogP contribution in [0.3, 0.4) is 0 Å². The molecule has 0 saturated heterocycles. The second kappa shape index (κ2) is 3.88. The number of amides is 3. The van der Waals surface area contributed by atoms with Gasteiger partial charge in [0, 0.05) is 6.54 Å². The molecular weight excluding hydrogens is 172 g/mol. The van der Waals surface area contributed by atoms with E-state index in [1.54, 1.807) is 6.92 Å². The van der Waals surface area contributed by atoms with Crippen molar-refractivity contribution in [1.82, 2.24) is 15.6 Å². The van der Waals surface area contributed by atoms with Crippen LogP contribution < -0.4 is 10.7 Å². The van der Waals surface area contributed by atoms with Gasteiger partial charge in [0.05, 0.1) is 0 Å². The van der Waals surface area contributed by atoms with E-state index in [-0.39, 0.29) is 11.9 Å². The fourth-order valence-electron chi connectivity index (χ4n) is 0.945. The minimum absolute atomic E-state index is 0.284. The number of nitrogens with zero attached hydrogens (tertiary/aromatic N) is 2. The fourth-order valence-corrected chi connectivity index (χ4v) is 0.945. The van der Waals surface area contributed by atoms with Crippen molar-refractivity contribution in [1.29, 1.82) is 0 Å². The molecule has 3 amide bonds. The van der Waals surface area contributed by atoms with Crippen LogP contribution in [-0.2, 0) is 4.79 Å². The average Bonchev–Trinajstić information content (AvgIpc) is 2.10. The lowest BCUT2D eigenvalue weighted by Gasteiger charge is -2.26. The zero-order chi connectivity index (χ0) is 9.84. The highest BCUT2D eigenvalue weighted by atomic mass is 16.2. The summed E-state index contributed by atoms with van der Waals surface area (Å²) in [7, 11) is 0. The van der Waals surface area contributed by atoms with Gasteiger partial charge < -0.3 is 5.32 Å². The Morgan fingerprint density at radius 1 is 1.85 bits per heavy atom. The van der Waals surface area contributed by atoms with Gasteiger partial charge in [0.2, 0.25) is 0 Å². The Labute approximate surface area is 76.0 Å². The van der Waals surface area contributed by atoms with Crippen LogP contribution in [0.5, 0.6) is 0 Å². The molecule has 1 unspecified atom stereocenters. The number of hydrogen-bond donors (Lipinski definition) is 2. The van der Waals surface area contributed by atoms with E-state index in [1.807, 2.05) is 6.92 Å². The second-order valence-electron chi connectivity index (χ2n) is 2.64. The first-order valence-electron chi connectivity index (χ1n) is 4.06. The van der Waals surface area contributed by atoms with Gasteiger partial charge in [0.15, 0.2) is 0 Å². The van der Waals surface area contributed by atoms with Crippen molar-refractivity contribution >= 4 is 18.3 Å². The third-order valence-electron chi connectivity index (χ3n) is 1.72. The lowest BCUT2D eigenvalue weighted by molar-refractivity contribution is -0.124.